The molecule has 0 bridgehead atoms. The normalized spacial score (nSPS) is 18.4. The molecule has 0 aliphatic carbocycles. The number of nitrogens with zero attached hydrogens (tertiary/aromatic N) is 1. The highest BCUT2D eigenvalue weighted by molar-refractivity contribution is 5.87. The molecule has 1 aromatic rings. The molecule has 6 nitrogen and oxygen atoms in total. The Morgan fingerprint density at radius 1 is 1.29 bits per heavy atom. The summed E-state index contributed by atoms with van der Waals surface area (Å²) in [6, 6.07) is 6.70. The summed E-state index contributed by atoms with van der Waals surface area (Å²) in [4.78, 5) is 24.7. The van der Waals surface area contributed by atoms with Gasteiger partial charge in [-0.3, -0.25) is 0 Å². The SMILES string of the molecule is CN1CCCC1CNC(=O)NCc1ccc(C(=O)O)cc1. The monoisotopic (exact) mass is 291 g/mol. The van der Waals surface area contributed by atoms with Crippen LogP contribution in [0.25, 0.3) is 0 Å². The largest absolute Gasteiger partial charge is 0.478 e. The number of likely N-dealkylation sites (tertiary alicyclic amines) is 1. The third-order valence-corrected chi connectivity index (χ3v) is 3.82. The van der Waals surface area contributed by atoms with Crippen LogP contribution in [-0.4, -0.2) is 48.2 Å². The smallest absolute Gasteiger partial charge is 0.335 e. The molecule has 1 aliphatic heterocycles. The highest BCUT2D eigenvalue weighted by atomic mass is 16.4. The molecule has 1 aromatic carbocycles. The van der Waals surface area contributed by atoms with E-state index in [2.05, 4.69) is 22.6 Å². The van der Waals surface area contributed by atoms with Crippen LogP contribution in [0.2, 0.25) is 0 Å². The third-order valence-electron chi connectivity index (χ3n) is 3.82. The molecular formula is C15H21N3O3. The van der Waals surface area contributed by atoms with Gasteiger partial charge in [0.15, 0.2) is 0 Å². The summed E-state index contributed by atoms with van der Waals surface area (Å²) < 4.78 is 0. The van der Waals surface area contributed by atoms with Crippen molar-refractivity contribution in [3.8, 4) is 0 Å². The number of carbonyl (C=O) groups is 2. The topological polar surface area (TPSA) is 81.7 Å². The van der Waals surface area contributed by atoms with E-state index in [1.54, 1.807) is 12.1 Å². The summed E-state index contributed by atoms with van der Waals surface area (Å²) in [6.07, 6.45) is 2.30. The Bertz CT molecular complexity index is 501. The molecule has 1 saturated heterocycles. The van der Waals surface area contributed by atoms with E-state index in [9.17, 15) is 9.59 Å². The fourth-order valence-corrected chi connectivity index (χ4v) is 2.46. The van der Waals surface area contributed by atoms with Gasteiger partial charge in [0.1, 0.15) is 0 Å². The summed E-state index contributed by atoms with van der Waals surface area (Å²) in [5, 5.41) is 14.4. The minimum Gasteiger partial charge on any atom is -0.478 e. The number of urea groups is 1. The van der Waals surface area contributed by atoms with Gasteiger partial charge in [0, 0.05) is 19.1 Å². The molecule has 2 amide bonds. The zero-order valence-electron chi connectivity index (χ0n) is 12.1. The summed E-state index contributed by atoms with van der Waals surface area (Å²) >= 11 is 0. The van der Waals surface area contributed by atoms with Gasteiger partial charge in [-0.1, -0.05) is 12.1 Å². The number of benzene rings is 1. The van der Waals surface area contributed by atoms with E-state index >= 15 is 0 Å². The molecule has 0 saturated carbocycles. The number of hydrogen-bond acceptors (Lipinski definition) is 3. The maximum absolute atomic E-state index is 11.7. The second-order valence-corrected chi connectivity index (χ2v) is 5.34. The number of rotatable bonds is 5. The fraction of sp³-hybridized carbons (Fsp3) is 0.467. The summed E-state index contributed by atoms with van der Waals surface area (Å²) in [5.41, 5.74) is 1.11. The molecule has 1 unspecified atom stereocenters. The predicted molar refractivity (Wildman–Crippen MR) is 79.3 cm³/mol. The lowest BCUT2D eigenvalue weighted by Gasteiger charge is -2.19. The number of carboxylic acids is 1. The molecule has 1 heterocycles. The molecule has 21 heavy (non-hydrogen) atoms. The second-order valence-electron chi connectivity index (χ2n) is 5.34. The molecule has 3 N–H and O–H groups in total. The Kier molecular flexibility index (Phi) is 5.16. The molecule has 0 radical (unpaired) electrons. The first-order valence-corrected chi connectivity index (χ1v) is 7.10. The van der Waals surface area contributed by atoms with E-state index < -0.39 is 5.97 Å². The predicted octanol–water partition coefficient (Wildman–Crippen LogP) is 1.28. The zero-order valence-corrected chi connectivity index (χ0v) is 12.1. The molecule has 0 aromatic heterocycles. The van der Waals surface area contributed by atoms with E-state index in [0.29, 0.717) is 19.1 Å². The van der Waals surface area contributed by atoms with Crippen molar-refractivity contribution in [2.24, 2.45) is 0 Å². The number of nitrogens with one attached hydrogen (secondary N) is 2. The van der Waals surface area contributed by atoms with Crippen molar-refractivity contribution < 1.29 is 14.7 Å². The van der Waals surface area contributed by atoms with Crippen LogP contribution in [0.1, 0.15) is 28.8 Å². The Balaban J connectivity index is 1.72. The number of carbonyl (C=O) groups excluding carboxylic acids is 1. The van der Waals surface area contributed by atoms with Crippen molar-refractivity contribution in [1.29, 1.82) is 0 Å². The van der Waals surface area contributed by atoms with Crippen molar-refractivity contribution in [1.82, 2.24) is 15.5 Å². The minimum atomic E-state index is -0.951. The van der Waals surface area contributed by atoms with Gasteiger partial charge in [-0.25, -0.2) is 9.59 Å². The lowest BCUT2D eigenvalue weighted by Crippen LogP contribution is -2.42. The van der Waals surface area contributed by atoms with E-state index in [0.717, 1.165) is 18.5 Å². The van der Waals surface area contributed by atoms with Crippen LogP contribution in [0.15, 0.2) is 24.3 Å². The Hall–Kier alpha value is -2.08. The first-order valence-electron chi connectivity index (χ1n) is 7.10. The molecule has 1 aliphatic rings. The van der Waals surface area contributed by atoms with Gasteiger partial charge in [0.25, 0.3) is 0 Å². The minimum absolute atomic E-state index is 0.197. The maximum atomic E-state index is 11.7. The highest BCUT2D eigenvalue weighted by Crippen LogP contribution is 2.13. The van der Waals surface area contributed by atoms with E-state index in [4.69, 9.17) is 5.11 Å². The van der Waals surface area contributed by atoms with Crippen molar-refractivity contribution >= 4 is 12.0 Å². The van der Waals surface area contributed by atoms with Crippen LogP contribution in [0.3, 0.4) is 0 Å². The average Bonchev–Trinajstić information content (AvgIpc) is 2.88. The lowest BCUT2D eigenvalue weighted by molar-refractivity contribution is 0.0697. The standard InChI is InChI=1S/C15H21N3O3/c1-18-8-2-3-13(18)10-17-15(21)16-9-11-4-6-12(7-5-11)14(19)20/h4-7,13H,2-3,8-10H2,1H3,(H,19,20)(H2,16,17,21). The van der Waals surface area contributed by atoms with Gasteiger partial charge in [0.2, 0.25) is 0 Å². The van der Waals surface area contributed by atoms with E-state index in [1.165, 1.54) is 18.6 Å². The maximum Gasteiger partial charge on any atom is 0.335 e. The van der Waals surface area contributed by atoms with Crippen LogP contribution in [0.5, 0.6) is 0 Å². The first kappa shape index (κ1) is 15.3. The van der Waals surface area contributed by atoms with E-state index in [1.807, 2.05) is 0 Å². The Morgan fingerprint density at radius 3 is 2.57 bits per heavy atom. The second kappa shape index (κ2) is 7.08. The van der Waals surface area contributed by atoms with Gasteiger partial charge >= 0.3 is 12.0 Å². The number of carboxylic acid groups (broad SMARTS) is 1. The van der Waals surface area contributed by atoms with Gasteiger partial charge in [-0.05, 0) is 44.1 Å². The molecule has 1 atom stereocenters. The van der Waals surface area contributed by atoms with Crippen LogP contribution in [-0.2, 0) is 6.54 Å². The van der Waals surface area contributed by atoms with Gasteiger partial charge in [-0.2, -0.15) is 0 Å². The number of hydrogen-bond donors (Lipinski definition) is 3. The molecule has 114 valence electrons. The average molecular weight is 291 g/mol. The first-order chi connectivity index (χ1) is 10.1. The molecule has 1 fully saturated rings. The highest BCUT2D eigenvalue weighted by Gasteiger charge is 2.20. The zero-order chi connectivity index (χ0) is 15.2. The Morgan fingerprint density at radius 2 is 2.00 bits per heavy atom. The van der Waals surface area contributed by atoms with E-state index in [-0.39, 0.29) is 11.6 Å². The van der Waals surface area contributed by atoms with Crippen LogP contribution in [0, 0.1) is 0 Å². The summed E-state index contributed by atoms with van der Waals surface area (Å²) in [6.45, 7) is 2.12. The summed E-state index contributed by atoms with van der Waals surface area (Å²) in [5.74, 6) is -0.951. The fourth-order valence-electron chi connectivity index (χ4n) is 2.46. The van der Waals surface area contributed by atoms with Crippen molar-refractivity contribution in [2.45, 2.75) is 25.4 Å². The van der Waals surface area contributed by atoms with Crippen molar-refractivity contribution in [3.05, 3.63) is 35.4 Å². The third kappa shape index (κ3) is 4.46. The number of amides is 2. The van der Waals surface area contributed by atoms with Crippen LogP contribution >= 0.6 is 0 Å². The van der Waals surface area contributed by atoms with Crippen LogP contribution < -0.4 is 10.6 Å². The quantitative estimate of drug-likeness (QED) is 0.763. The summed E-state index contributed by atoms with van der Waals surface area (Å²) in [7, 11) is 2.07. The van der Waals surface area contributed by atoms with Gasteiger partial charge in [-0.15, -0.1) is 0 Å². The van der Waals surface area contributed by atoms with Gasteiger partial charge < -0.3 is 20.6 Å². The van der Waals surface area contributed by atoms with Crippen LogP contribution in [0.4, 0.5) is 4.79 Å². The molecule has 6 heteroatoms. The van der Waals surface area contributed by atoms with Crippen molar-refractivity contribution in [2.75, 3.05) is 20.1 Å². The van der Waals surface area contributed by atoms with Gasteiger partial charge in [0.05, 0.1) is 5.56 Å². The number of aromatic carboxylic acids is 1. The number of likely N-dealkylation sites (N-methyl/N-ethyl adjacent to an activating group) is 1. The molecule has 2 rings (SSSR count). The molecule has 0 spiro atoms. The Labute approximate surface area is 124 Å². The van der Waals surface area contributed by atoms with Crippen molar-refractivity contribution in [3.63, 3.8) is 0 Å². The lowest BCUT2D eigenvalue weighted by atomic mass is 10.1. The molecular weight excluding hydrogens is 270 g/mol.